The third-order valence-electron chi connectivity index (χ3n) is 4.47. The maximum atomic E-state index is 12.7. The summed E-state index contributed by atoms with van der Waals surface area (Å²) in [6, 6.07) is 9.53. The van der Waals surface area contributed by atoms with Gasteiger partial charge in [-0.05, 0) is 44.7 Å². The summed E-state index contributed by atoms with van der Waals surface area (Å²) in [6.45, 7) is 1.91. The number of hydrogen-bond donors (Lipinski definition) is 0. The van der Waals surface area contributed by atoms with Gasteiger partial charge in [0.25, 0.3) is 11.8 Å². The number of carbonyl (C=O) groups is 2. The van der Waals surface area contributed by atoms with Gasteiger partial charge in [0.15, 0.2) is 0 Å². The van der Waals surface area contributed by atoms with Crippen LogP contribution in [0.5, 0.6) is 0 Å². The van der Waals surface area contributed by atoms with E-state index in [4.69, 9.17) is 0 Å². The first-order valence-corrected chi connectivity index (χ1v) is 7.64. The minimum atomic E-state index is -0.157. The molecule has 1 aliphatic heterocycles. The highest BCUT2D eigenvalue weighted by atomic mass is 16.2. The summed E-state index contributed by atoms with van der Waals surface area (Å²) in [4.78, 5) is 31.3. The van der Waals surface area contributed by atoms with E-state index in [1.54, 1.807) is 0 Å². The van der Waals surface area contributed by atoms with Gasteiger partial charge >= 0.3 is 0 Å². The Morgan fingerprint density at radius 1 is 0.955 bits per heavy atom. The molecule has 0 bridgehead atoms. The highest BCUT2D eigenvalue weighted by molar-refractivity contribution is 6.34. The predicted molar refractivity (Wildman–Crippen MR) is 84.5 cm³/mol. The Morgan fingerprint density at radius 2 is 1.64 bits per heavy atom. The second kappa shape index (κ2) is 4.77. The van der Waals surface area contributed by atoms with Crippen LogP contribution < -0.4 is 4.90 Å². The van der Waals surface area contributed by atoms with Gasteiger partial charge in [0.1, 0.15) is 0 Å². The molecule has 1 aromatic carbocycles. The van der Waals surface area contributed by atoms with E-state index in [0.29, 0.717) is 35.2 Å². The summed E-state index contributed by atoms with van der Waals surface area (Å²) in [5.41, 5.74) is 3.60. The molecule has 0 atom stereocenters. The van der Waals surface area contributed by atoms with Crippen LogP contribution in [0, 0.1) is 6.92 Å². The van der Waals surface area contributed by atoms with Gasteiger partial charge in [-0.1, -0.05) is 18.2 Å². The third-order valence-corrected chi connectivity index (χ3v) is 4.47. The van der Waals surface area contributed by atoms with E-state index in [1.807, 2.05) is 37.3 Å². The quantitative estimate of drug-likeness (QED) is 0.758. The lowest BCUT2D eigenvalue weighted by atomic mass is 9.93. The molecule has 2 aromatic rings. The molecular formula is C18H16N2O2. The van der Waals surface area contributed by atoms with Gasteiger partial charge in [0, 0.05) is 22.2 Å². The molecule has 0 N–H and O–H groups in total. The van der Waals surface area contributed by atoms with Crippen molar-refractivity contribution in [1.29, 1.82) is 0 Å². The van der Waals surface area contributed by atoms with Crippen molar-refractivity contribution in [3.63, 3.8) is 0 Å². The Morgan fingerprint density at radius 3 is 2.32 bits per heavy atom. The van der Waals surface area contributed by atoms with Crippen molar-refractivity contribution in [2.24, 2.45) is 0 Å². The van der Waals surface area contributed by atoms with Gasteiger partial charge in [0.2, 0.25) is 0 Å². The van der Waals surface area contributed by atoms with Crippen molar-refractivity contribution in [1.82, 2.24) is 4.98 Å². The lowest BCUT2D eigenvalue weighted by molar-refractivity contribution is -0.120. The average Bonchev–Trinajstić information content (AvgIpc) is 2.79. The van der Waals surface area contributed by atoms with Crippen LogP contribution >= 0.6 is 0 Å². The molecule has 0 fully saturated rings. The van der Waals surface area contributed by atoms with E-state index in [0.717, 1.165) is 23.9 Å². The predicted octanol–water partition coefficient (Wildman–Crippen LogP) is 3.29. The third kappa shape index (κ3) is 1.80. The van der Waals surface area contributed by atoms with Crippen LogP contribution in [0.2, 0.25) is 0 Å². The number of rotatable bonds is 1. The lowest BCUT2D eigenvalue weighted by Gasteiger charge is -2.17. The number of benzene rings is 1. The van der Waals surface area contributed by atoms with Gasteiger partial charge in [-0.15, -0.1) is 0 Å². The van der Waals surface area contributed by atoms with Crippen LogP contribution in [0.4, 0.5) is 5.69 Å². The Labute approximate surface area is 128 Å². The number of anilines is 1. The van der Waals surface area contributed by atoms with E-state index in [2.05, 4.69) is 4.98 Å². The lowest BCUT2D eigenvalue weighted by Crippen LogP contribution is -2.31. The van der Waals surface area contributed by atoms with Gasteiger partial charge in [-0.25, -0.2) is 4.90 Å². The summed E-state index contributed by atoms with van der Waals surface area (Å²) >= 11 is 0. The standard InChI is InChI=1S/C18H16N2O2/c1-11-9-10-12-5-4-8-15(16(12)19-11)20-17(21)13-6-2-3-7-14(13)18(20)22/h4-5,8-10H,2-3,6-7H2,1H3. The summed E-state index contributed by atoms with van der Waals surface area (Å²) in [5.74, 6) is -0.314. The number of carbonyl (C=O) groups excluding carboxylic acids is 2. The normalized spacial score (nSPS) is 18.3. The molecule has 1 aliphatic carbocycles. The van der Waals surface area contributed by atoms with Gasteiger partial charge in [-0.3, -0.25) is 14.6 Å². The van der Waals surface area contributed by atoms with E-state index in [1.165, 1.54) is 4.90 Å². The fraction of sp³-hybridized carbons (Fsp3) is 0.278. The smallest absolute Gasteiger partial charge is 0.261 e. The van der Waals surface area contributed by atoms with Crippen molar-refractivity contribution >= 4 is 28.4 Å². The zero-order valence-electron chi connectivity index (χ0n) is 12.4. The number of imide groups is 1. The molecule has 0 unspecified atom stereocenters. The first-order chi connectivity index (χ1) is 10.7. The van der Waals surface area contributed by atoms with E-state index in [-0.39, 0.29) is 11.8 Å². The van der Waals surface area contributed by atoms with E-state index < -0.39 is 0 Å². The molecule has 4 heteroatoms. The molecular weight excluding hydrogens is 276 g/mol. The first-order valence-electron chi connectivity index (χ1n) is 7.64. The Hall–Kier alpha value is -2.49. The fourth-order valence-electron chi connectivity index (χ4n) is 3.37. The van der Waals surface area contributed by atoms with Crippen LogP contribution in [0.3, 0.4) is 0 Å². The van der Waals surface area contributed by atoms with Crippen molar-refractivity contribution < 1.29 is 9.59 Å². The minimum absolute atomic E-state index is 0.157. The van der Waals surface area contributed by atoms with Crippen LogP contribution in [-0.4, -0.2) is 16.8 Å². The highest BCUT2D eigenvalue weighted by Gasteiger charge is 2.40. The molecule has 2 amide bonds. The zero-order valence-corrected chi connectivity index (χ0v) is 12.4. The second-order valence-corrected chi connectivity index (χ2v) is 5.91. The molecule has 4 rings (SSSR count). The maximum Gasteiger partial charge on any atom is 0.261 e. The second-order valence-electron chi connectivity index (χ2n) is 5.91. The molecule has 110 valence electrons. The maximum absolute atomic E-state index is 12.7. The molecule has 0 saturated carbocycles. The topological polar surface area (TPSA) is 50.3 Å². The number of fused-ring (bicyclic) bond motifs is 1. The molecule has 0 spiro atoms. The van der Waals surface area contributed by atoms with Gasteiger partial charge in [0.05, 0.1) is 11.2 Å². The Kier molecular flexibility index (Phi) is 2.86. The number of para-hydroxylation sites is 1. The van der Waals surface area contributed by atoms with E-state index >= 15 is 0 Å². The summed E-state index contributed by atoms with van der Waals surface area (Å²) in [7, 11) is 0. The molecule has 1 aromatic heterocycles. The highest BCUT2D eigenvalue weighted by Crippen LogP contribution is 2.37. The van der Waals surface area contributed by atoms with Gasteiger partial charge < -0.3 is 0 Å². The SMILES string of the molecule is Cc1ccc2cccc(N3C(=O)C4=C(CCCC4)C3=O)c2n1. The van der Waals surface area contributed by atoms with E-state index in [9.17, 15) is 9.59 Å². The summed E-state index contributed by atoms with van der Waals surface area (Å²) < 4.78 is 0. The molecule has 4 nitrogen and oxygen atoms in total. The average molecular weight is 292 g/mol. The number of nitrogens with zero attached hydrogens (tertiary/aromatic N) is 2. The van der Waals surface area contributed by atoms with Crippen molar-refractivity contribution in [3.05, 3.63) is 47.2 Å². The summed E-state index contributed by atoms with van der Waals surface area (Å²) in [5, 5.41) is 0.938. The number of pyridine rings is 1. The largest absolute Gasteiger partial charge is 0.269 e. The van der Waals surface area contributed by atoms with Crippen molar-refractivity contribution in [2.45, 2.75) is 32.6 Å². The van der Waals surface area contributed by atoms with Crippen LogP contribution in [0.25, 0.3) is 10.9 Å². The molecule has 0 saturated heterocycles. The fourth-order valence-corrected chi connectivity index (χ4v) is 3.37. The zero-order chi connectivity index (χ0) is 15.3. The van der Waals surface area contributed by atoms with Crippen molar-refractivity contribution in [3.8, 4) is 0 Å². The van der Waals surface area contributed by atoms with Gasteiger partial charge in [-0.2, -0.15) is 0 Å². The number of aryl methyl sites for hydroxylation is 1. The van der Waals surface area contributed by atoms with Crippen LogP contribution in [-0.2, 0) is 9.59 Å². The Bertz CT molecular complexity index is 823. The monoisotopic (exact) mass is 292 g/mol. The molecule has 22 heavy (non-hydrogen) atoms. The number of amides is 2. The molecule has 2 heterocycles. The number of hydrogen-bond acceptors (Lipinski definition) is 3. The Balaban J connectivity index is 1.88. The summed E-state index contributed by atoms with van der Waals surface area (Å²) in [6.07, 6.45) is 3.40. The van der Waals surface area contributed by atoms with Crippen molar-refractivity contribution in [2.75, 3.05) is 4.90 Å². The first kappa shape index (κ1) is 13.2. The van der Waals surface area contributed by atoms with Crippen LogP contribution in [0.15, 0.2) is 41.5 Å². The number of aromatic nitrogens is 1. The van der Waals surface area contributed by atoms with Crippen LogP contribution in [0.1, 0.15) is 31.4 Å². The molecule has 2 aliphatic rings. The molecule has 0 radical (unpaired) electrons. The minimum Gasteiger partial charge on any atom is -0.269 e.